The number of hydrogen-bond acceptors (Lipinski definition) is 4. The van der Waals surface area contributed by atoms with E-state index >= 15 is 0 Å². The lowest BCUT2D eigenvalue weighted by molar-refractivity contribution is -1.91. The number of allylic oxidation sites excluding steroid dienone is 1. The first kappa shape index (κ1) is 12.8. The van der Waals surface area contributed by atoms with E-state index in [-0.39, 0.29) is 0 Å². The lowest BCUT2D eigenvalue weighted by Gasteiger charge is -2.17. The van der Waals surface area contributed by atoms with Crippen LogP contribution in [0.4, 0.5) is 0 Å². The Morgan fingerprint density at radius 3 is 2.58 bits per heavy atom. The van der Waals surface area contributed by atoms with Crippen LogP contribution in [0.2, 0.25) is 0 Å². The summed E-state index contributed by atoms with van der Waals surface area (Å²) in [6, 6.07) is 11.4. The highest BCUT2D eigenvalue weighted by molar-refractivity contribution is 8.11. The second kappa shape index (κ2) is 4.72. The first-order valence-corrected chi connectivity index (χ1v) is 7.86. The van der Waals surface area contributed by atoms with Gasteiger partial charge in [-0.05, 0) is 16.3 Å². The van der Waals surface area contributed by atoms with Gasteiger partial charge in [-0.1, -0.05) is 48.6 Å². The molecule has 19 heavy (non-hydrogen) atoms. The molecule has 4 nitrogen and oxygen atoms in total. The molecule has 0 saturated heterocycles. The second-order valence-corrected chi connectivity index (χ2v) is 6.47. The van der Waals surface area contributed by atoms with Gasteiger partial charge < -0.3 is 0 Å². The van der Waals surface area contributed by atoms with E-state index in [9.17, 15) is 14.0 Å². The highest BCUT2D eigenvalue weighted by Crippen LogP contribution is 2.40. The number of hydrogen-bond donors (Lipinski definition) is 0. The fraction of sp³-hybridized carbons (Fsp3) is 0. The maximum Gasteiger partial charge on any atom is 0.141 e. The van der Waals surface area contributed by atoms with Crippen LogP contribution in [-0.4, -0.2) is 5.37 Å². The van der Waals surface area contributed by atoms with E-state index in [4.69, 9.17) is 0 Å². The Morgan fingerprint density at radius 2 is 1.79 bits per heavy atom. The summed E-state index contributed by atoms with van der Waals surface area (Å²) in [6.07, 6.45) is 3.56. The Hall–Kier alpha value is -1.21. The van der Waals surface area contributed by atoms with Crippen molar-refractivity contribution >= 4 is 33.0 Å². The molecule has 0 aromatic heterocycles. The van der Waals surface area contributed by atoms with Crippen LogP contribution < -0.4 is 14.0 Å². The molecule has 0 spiro atoms. The highest BCUT2D eigenvalue weighted by atomic mass is 35.7. The van der Waals surface area contributed by atoms with Gasteiger partial charge in [0, 0.05) is 5.37 Å². The van der Waals surface area contributed by atoms with E-state index in [1.54, 1.807) is 11.4 Å². The van der Waals surface area contributed by atoms with Crippen LogP contribution in [0.1, 0.15) is 5.56 Å². The molecule has 2 aromatic carbocycles. The van der Waals surface area contributed by atoms with Crippen molar-refractivity contribution in [2.45, 2.75) is 4.90 Å². The predicted octanol–water partition coefficient (Wildman–Crippen LogP) is 0.126. The van der Waals surface area contributed by atoms with Gasteiger partial charge in [0.25, 0.3) is 0 Å². The average molecular weight is 297 g/mol. The molecule has 1 unspecified atom stereocenters. The minimum absolute atomic E-state index is 0.729. The summed E-state index contributed by atoms with van der Waals surface area (Å²) < 4.78 is 37.0. The molecule has 0 bridgehead atoms. The number of halogens is 1. The molecule has 0 N–H and O–H groups in total. The van der Waals surface area contributed by atoms with E-state index in [0.717, 1.165) is 21.2 Å². The summed E-state index contributed by atoms with van der Waals surface area (Å²) in [5, 5.41) is 3.45. The van der Waals surface area contributed by atoms with Crippen LogP contribution in [0, 0.1) is 10.2 Å². The van der Waals surface area contributed by atoms with Crippen LogP contribution in [0.5, 0.6) is 0 Å². The molecule has 3 rings (SSSR count). The third-order valence-electron chi connectivity index (χ3n) is 2.73. The number of rotatable bonds is 2. The van der Waals surface area contributed by atoms with Crippen molar-refractivity contribution < 1.29 is 28.0 Å². The molecule has 1 aliphatic heterocycles. The van der Waals surface area contributed by atoms with Gasteiger partial charge in [0.2, 0.25) is 0 Å². The zero-order valence-electron chi connectivity index (χ0n) is 9.62. The Kier molecular flexibility index (Phi) is 3.18. The van der Waals surface area contributed by atoms with Crippen LogP contribution in [0.3, 0.4) is 0 Å². The zero-order valence-corrected chi connectivity index (χ0v) is 11.2. The predicted molar refractivity (Wildman–Crippen MR) is 66.0 cm³/mol. The smallest absolute Gasteiger partial charge is 0.141 e. The maximum absolute atomic E-state index is 10.8. The van der Waals surface area contributed by atoms with Crippen molar-refractivity contribution in [3.63, 3.8) is 0 Å². The third kappa shape index (κ3) is 2.57. The Labute approximate surface area is 114 Å². The van der Waals surface area contributed by atoms with E-state index in [1.165, 1.54) is 0 Å². The molecule has 0 saturated carbocycles. The van der Waals surface area contributed by atoms with Crippen LogP contribution >= 0.6 is 10.8 Å². The molecule has 1 atom stereocenters. The Balaban J connectivity index is 2.22. The normalized spacial score (nSPS) is 18.2. The summed E-state index contributed by atoms with van der Waals surface area (Å²) in [7, 11) is -5.64. The standard InChI is InChI=1S/C13H9ClO4S/c15-14(16,17)18-19-9-3-5-11-8-7-10-4-1-2-6-12(10)13(11)19/h1-9H. The molecule has 0 amide bonds. The third-order valence-corrected chi connectivity index (χ3v) is 5.16. The summed E-state index contributed by atoms with van der Waals surface area (Å²) in [6.45, 7) is 0. The molecule has 2 aromatic rings. The average Bonchev–Trinajstić information content (AvgIpc) is 2.37. The van der Waals surface area contributed by atoms with Gasteiger partial charge in [-0.2, -0.15) is 14.0 Å². The van der Waals surface area contributed by atoms with Gasteiger partial charge in [0.05, 0.1) is 15.1 Å². The van der Waals surface area contributed by atoms with E-state index in [2.05, 4.69) is 3.74 Å². The molecule has 1 heterocycles. The monoisotopic (exact) mass is 296 g/mol. The van der Waals surface area contributed by atoms with Gasteiger partial charge in [-0.25, -0.2) is 0 Å². The number of fused-ring (bicyclic) bond motifs is 3. The SMILES string of the molecule is [O-][Cl+3]([O-])([O-])OS1=CC=Cc2ccc3ccccc3c21. The summed E-state index contributed by atoms with van der Waals surface area (Å²) in [5.74, 6) is 0. The van der Waals surface area contributed by atoms with Crippen LogP contribution in [-0.2, 0) is 3.74 Å². The molecule has 0 radical (unpaired) electrons. The fourth-order valence-corrected chi connectivity index (χ4v) is 4.25. The minimum Gasteiger partial charge on any atom is -0.182 e. The van der Waals surface area contributed by atoms with Crippen molar-refractivity contribution in [1.82, 2.24) is 0 Å². The largest absolute Gasteiger partial charge is 0.182 e. The molecule has 6 heteroatoms. The topological polar surface area (TPSA) is 78.4 Å². The van der Waals surface area contributed by atoms with Gasteiger partial charge in [0.15, 0.2) is 0 Å². The second-order valence-electron chi connectivity index (χ2n) is 3.94. The van der Waals surface area contributed by atoms with E-state index in [1.807, 2.05) is 42.5 Å². The van der Waals surface area contributed by atoms with Crippen molar-refractivity contribution in [2.75, 3.05) is 0 Å². The van der Waals surface area contributed by atoms with Crippen LogP contribution in [0.15, 0.2) is 47.4 Å². The van der Waals surface area contributed by atoms with Gasteiger partial charge in [0.1, 0.15) is 14.5 Å². The number of benzene rings is 2. The lowest BCUT2D eigenvalue weighted by atomic mass is 10.1. The molecule has 98 valence electrons. The molecular weight excluding hydrogens is 288 g/mol. The molecule has 0 aliphatic carbocycles. The highest BCUT2D eigenvalue weighted by Gasteiger charge is 2.26. The van der Waals surface area contributed by atoms with Gasteiger partial charge >= 0.3 is 0 Å². The summed E-state index contributed by atoms with van der Waals surface area (Å²) in [4.78, 5) is 0.729. The van der Waals surface area contributed by atoms with E-state index in [0.29, 0.717) is 0 Å². The quantitative estimate of drug-likeness (QED) is 0.738. The first-order chi connectivity index (χ1) is 9.04. The molecule has 1 aliphatic rings. The summed E-state index contributed by atoms with van der Waals surface area (Å²) in [5.41, 5.74) is 0.864. The van der Waals surface area contributed by atoms with Crippen molar-refractivity contribution in [1.29, 1.82) is 0 Å². The lowest BCUT2D eigenvalue weighted by Crippen LogP contribution is -2.60. The van der Waals surface area contributed by atoms with Crippen molar-refractivity contribution in [3.8, 4) is 0 Å². The Morgan fingerprint density at radius 1 is 1.00 bits per heavy atom. The van der Waals surface area contributed by atoms with E-state index < -0.39 is 21.0 Å². The zero-order chi connectivity index (χ0) is 13.5. The van der Waals surface area contributed by atoms with Crippen molar-refractivity contribution in [3.05, 3.63) is 48.0 Å². The molecular formula is C13H9ClO4S. The summed E-state index contributed by atoms with van der Waals surface area (Å²) >= 11 is 0. The first-order valence-electron chi connectivity index (χ1n) is 5.42. The van der Waals surface area contributed by atoms with Crippen LogP contribution in [0.25, 0.3) is 16.8 Å². The Bertz CT molecular complexity index is 703. The maximum atomic E-state index is 10.8. The van der Waals surface area contributed by atoms with Gasteiger partial charge in [-0.3, -0.25) is 0 Å². The van der Waals surface area contributed by atoms with Gasteiger partial charge in [-0.15, -0.1) is 0 Å². The van der Waals surface area contributed by atoms with Crippen molar-refractivity contribution in [2.24, 2.45) is 0 Å². The fourth-order valence-electron chi connectivity index (χ4n) is 2.03. The minimum atomic E-state index is -4.46. The molecule has 0 fully saturated rings.